The van der Waals surface area contributed by atoms with Crippen molar-refractivity contribution in [2.24, 2.45) is 0 Å². The zero-order valence-electron chi connectivity index (χ0n) is 12.6. The number of rotatable bonds is 4. The van der Waals surface area contributed by atoms with Gasteiger partial charge in [-0.05, 0) is 17.0 Å². The van der Waals surface area contributed by atoms with E-state index in [1.165, 1.54) is 15.8 Å². The van der Waals surface area contributed by atoms with Crippen LogP contribution in [0, 0.1) is 0 Å². The van der Waals surface area contributed by atoms with Crippen LogP contribution in [0.2, 0.25) is 0 Å². The highest BCUT2D eigenvalue weighted by molar-refractivity contribution is 14.2. The predicted octanol–water partition coefficient (Wildman–Crippen LogP) is 4.27. The second-order valence-corrected chi connectivity index (χ2v) is 8.23. The third kappa shape index (κ3) is 3.24. The summed E-state index contributed by atoms with van der Waals surface area (Å²) in [5.74, 6) is 1.15. The lowest BCUT2D eigenvalue weighted by Gasteiger charge is -2.34. The SMILES string of the molecule is ISn1nc(N2CCN(Cc3ccccc3)CC2)c2sccc21. The van der Waals surface area contributed by atoms with E-state index < -0.39 is 0 Å². The summed E-state index contributed by atoms with van der Waals surface area (Å²) in [5.41, 5.74) is 2.63. The van der Waals surface area contributed by atoms with Gasteiger partial charge < -0.3 is 4.90 Å². The van der Waals surface area contributed by atoms with E-state index in [2.05, 4.69) is 72.8 Å². The van der Waals surface area contributed by atoms with Crippen molar-refractivity contribution in [1.29, 1.82) is 0 Å². The van der Waals surface area contributed by atoms with Gasteiger partial charge >= 0.3 is 0 Å². The van der Waals surface area contributed by atoms with Crippen molar-refractivity contribution in [1.82, 2.24) is 14.1 Å². The van der Waals surface area contributed by atoms with E-state index in [-0.39, 0.29) is 0 Å². The summed E-state index contributed by atoms with van der Waals surface area (Å²) >= 11 is 4.09. The first kappa shape index (κ1) is 15.7. The normalized spacial score (nSPS) is 16.3. The molecule has 0 atom stereocenters. The van der Waals surface area contributed by atoms with Crippen LogP contribution in [0.15, 0.2) is 41.8 Å². The summed E-state index contributed by atoms with van der Waals surface area (Å²) in [6, 6.07) is 12.9. The minimum Gasteiger partial charge on any atom is -0.351 e. The summed E-state index contributed by atoms with van der Waals surface area (Å²) in [7, 11) is 1.64. The molecule has 1 aromatic carbocycles. The molecule has 3 heterocycles. The number of hydrogen-bond acceptors (Lipinski definition) is 5. The fourth-order valence-electron chi connectivity index (χ4n) is 3.02. The van der Waals surface area contributed by atoms with Crippen LogP contribution in [-0.4, -0.2) is 40.3 Å². The molecule has 0 unspecified atom stereocenters. The molecule has 0 N–H and O–H groups in total. The zero-order chi connectivity index (χ0) is 15.6. The minimum atomic E-state index is 1.04. The quantitative estimate of drug-likeness (QED) is 0.548. The second kappa shape index (κ2) is 7.00. The number of hydrogen-bond donors (Lipinski definition) is 0. The van der Waals surface area contributed by atoms with Gasteiger partial charge in [-0.15, -0.1) is 16.4 Å². The topological polar surface area (TPSA) is 24.3 Å². The summed E-state index contributed by atoms with van der Waals surface area (Å²) in [5, 5.41) is 6.95. The van der Waals surface area contributed by atoms with Crippen molar-refractivity contribution in [3.63, 3.8) is 0 Å². The number of halogens is 1. The number of fused-ring (bicyclic) bond motifs is 1. The number of piperazine rings is 1. The largest absolute Gasteiger partial charge is 0.351 e. The van der Waals surface area contributed by atoms with Gasteiger partial charge in [-0.1, -0.05) is 30.3 Å². The van der Waals surface area contributed by atoms with E-state index in [1.807, 2.05) is 4.09 Å². The molecule has 0 spiro atoms. The lowest BCUT2D eigenvalue weighted by Crippen LogP contribution is -2.46. The second-order valence-electron chi connectivity index (χ2n) is 5.65. The van der Waals surface area contributed by atoms with Gasteiger partial charge in [-0.2, -0.15) is 4.09 Å². The Morgan fingerprint density at radius 1 is 1.09 bits per heavy atom. The lowest BCUT2D eigenvalue weighted by atomic mass is 10.2. The van der Waals surface area contributed by atoms with E-state index >= 15 is 0 Å². The maximum Gasteiger partial charge on any atom is 0.169 e. The fraction of sp³-hybridized carbons (Fsp3) is 0.312. The number of benzene rings is 1. The van der Waals surface area contributed by atoms with Gasteiger partial charge in [0.25, 0.3) is 0 Å². The first-order valence-corrected chi connectivity index (χ1v) is 11.8. The molecule has 4 rings (SSSR count). The van der Waals surface area contributed by atoms with Crippen LogP contribution in [0.3, 0.4) is 0 Å². The van der Waals surface area contributed by atoms with Gasteiger partial charge in [0, 0.05) is 63.0 Å². The molecule has 1 fully saturated rings. The number of aromatic nitrogens is 2. The number of nitrogens with zero attached hydrogens (tertiary/aromatic N) is 4. The third-order valence-electron chi connectivity index (χ3n) is 4.23. The van der Waals surface area contributed by atoms with Crippen LogP contribution in [-0.2, 0) is 6.54 Å². The van der Waals surface area contributed by atoms with Crippen molar-refractivity contribution in [3.8, 4) is 0 Å². The molecule has 2 aromatic heterocycles. The van der Waals surface area contributed by atoms with Gasteiger partial charge in [0.05, 0.1) is 10.2 Å². The molecule has 7 heteroatoms. The first-order chi connectivity index (χ1) is 11.3. The molecule has 0 saturated carbocycles. The van der Waals surface area contributed by atoms with Crippen molar-refractivity contribution >= 4 is 57.7 Å². The molecule has 0 radical (unpaired) electrons. The average Bonchev–Trinajstić information content (AvgIpc) is 3.19. The van der Waals surface area contributed by atoms with E-state index in [1.54, 1.807) is 20.5 Å². The third-order valence-corrected chi connectivity index (χ3v) is 6.65. The molecule has 0 bridgehead atoms. The maximum atomic E-state index is 4.79. The Morgan fingerprint density at radius 3 is 2.61 bits per heavy atom. The Labute approximate surface area is 156 Å². The standard InChI is InChI=1S/C16H17IN4S2/c17-23-21-14-6-11-22-15(14)16(18-21)20-9-7-19(8-10-20)12-13-4-2-1-3-5-13/h1-6,11H,7-10,12H2. The van der Waals surface area contributed by atoms with E-state index in [0.29, 0.717) is 0 Å². The summed E-state index contributed by atoms with van der Waals surface area (Å²) < 4.78 is 3.34. The molecule has 1 aliphatic rings. The maximum absolute atomic E-state index is 4.79. The van der Waals surface area contributed by atoms with Crippen molar-refractivity contribution in [3.05, 3.63) is 47.3 Å². The highest BCUT2D eigenvalue weighted by atomic mass is 127. The molecule has 0 aliphatic carbocycles. The molecule has 3 aromatic rings. The number of anilines is 1. The summed E-state index contributed by atoms with van der Waals surface area (Å²) in [6.45, 7) is 5.31. The van der Waals surface area contributed by atoms with Crippen LogP contribution >= 0.6 is 41.7 Å². The van der Waals surface area contributed by atoms with Crippen LogP contribution in [0.1, 0.15) is 5.56 Å². The molecule has 0 amide bonds. The van der Waals surface area contributed by atoms with E-state index in [9.17, 15) is 0 Å². The Balaban J connectivity index is 1.45. The molecule has 23 heavy (non-hydrogen) atoms. The Hall–Kier alpha value is -0.770. The average molecular weight is 456 g/mol. The number of thiophene rings is 1. The smallest absolute Gasteiger partial charge is 0.169 e. The molecule has 1 saturated heterocycles. The van der Waals surface area contributed by atoms with Gasteiger partial charge in [-0.3, -0.25) is 4.90 Å². The fourth-order valence-corrected chi connectivity index (χ4v) is 5.20. The van der Waals surface area contributed by atoms with Gasteiger partial charge in [0.2, 0.25) is 0 Å². The molecular formula is C16H17IN4S2. The lowest BCUT2D eigenvalue weighted by molar-refractivity contribution is 0.249. The highest BCUT2D eigenvalue weighted by Crippen LogP contribution is 2.35. The Kier molecular flexibility index (Phi) is 4.79. The van der Waals surface area contributed by atoms with Crippen LogP contribution < -0.4 is 4.90 Å². The molecular weight excluding hydrogens is 439 g/mol. The van der Waals surface area contributed by atoms with E-state index in [4.69, 9.17) is 5.10 Å². The van der Waals surface area contributed by atoms with Crippen LogP contribution in [0.5, 0.6) is 0 Å². The summed E-state index contributed by atoms with van der Waals surface area (Å²) in [6.07, 6.45) is 0. The zero-order valence-corrected chi connectivity index (χ0v) is 16.4. The van der Waals surface area contributed by atoms with Gasteiger partial charge in [-0.25, -0.2) is 0 Å². The van der Waals surface area contributed by atoms with Gasteiger partial charge in [0.1, 0.15) is 0 Å². The molecule has 120 valence electrons. The first-order valence-electron chi connectivity index (χ1n) is 7.61. The van der Waals surface area contributed by atoms with Crippen LogP contribution in [0.25, 0.3) is 10.2 Å². The molecule has 1 aliphatic heterocycles. The van der Waals surface area contributed by atoms with Crippen molar-refractivity contribution in [2.45, 2.75) is 6.54 Å². The van der Waals surface area contributed by atoms with Gasteiger partial charge in [0.15, 0.2) is 5.82 Å². The van der Waals surface area contributed by atoms with Crippen molar-refractivity contribution < 1.29 is 0 Å². The van der Waals surface area contributed by atoms with Crippen molar-refractivity contribution in [2.75, 3.05) is 31.1 Å². The minimum absolute atomic E-state index is 1.04. The Morgan fingerprint density at radius 2 is 1.87 bits per heavy atom. The Bertz CT molecular complexity index is 778. The monoisotopic (exact) mass is 456 g/mol. The highest BCUT2D eigenvalue weighted by Gasteiger charge is 2.22. The molecule has 4 nitrogen and oxygen atoms in total. The summed E-state index contributed by atoms with van der Waals surface area (Å²) in [4.78, 5) is 4.96. The van der Waals surface area contributed by atoms with Crippen LogP contribution in [0.4, 0.5) is 5.82 Å². The van der Waals surface area contributed by atoms with E-state index in [0.717, 1.165) is 38.5 Å². The predicted molar refractivity (Wildman–Crippen MR) is 109 cm³/mol.